The zero-order valence-corrected chi connectivity index (χ0v) is 23.1. The second-order valence-corrected chi connectivity index (χ2v) is 10.2. The molecule has 0 radical (unpaired) electrons. The summed E-state index contributed by atoms with van der Waals surface area (Å²) in [6, 6.07) is 25.3. The molecule has 0 aliphatic carbocycles. The van der Waals surface area contributed by atoms with Gasteiger partial charge in [0.1, 0.15) is 24.0 Å². The Balaban J connectivity index is 1.54. The summed E-state index contributed by atoms with van der Waals surface area (Å²) in [4.78, 5) is 12.7. The number of carbonyl (C=O) groups is 1. The Morgan fingerprint density at radius 2 is 1.89 bits per heavy atom. The van der Waals surface area contributed by atoms with Gasteiger partial charge in [-0.15, -0.1) is 0 Å². The Morgan fingerprint density at radius 1 is 1.14 bits per heavy atom. The summed E-state index contributed by atoms with van der Waals surface area (Å²) in [6.07, 6.45) is 1.55. The fourth-order valence-corrected chi connectivity index (χ4v) is 5.56. The summed E-state index contributed by atoms with van der Waals surface area (Å²) < 4.78 is 7.76. The number of benzene rings is 4. The molecule has 0 aliphatic rings. The molecule has 7 heteroatoms. The molecule has 1 amide bonds. The predicted octanol–water partition coefficient (Wildman–Crippen LogP) is 8.29. The van der Waals surface area contributed by atoms with Crippen LogP contribution in [-0.2, 0) is 11.4 Å². The van der Waals surface area contributed by atoms with Crippen molar-refractivity contribution in [1.82, 2.24) is 0 Å². The zero-order valence-electron chi connectivity index (χ0n) is 18.6. The van der Waals surface area contributed by atoms with Crippen LogP contribution in [0.2, 0.25) is 5.02 Å². The average molecular weight is 658 g/mol. The standard InChI is InChI=1S/C28H19BrClIN2O2/c1-17-24(30)10-5-11-26(17)33-28(34)21(15-32)12-18-13-23(29)27(25(31)14-18)35-16-20-8-4-7-19-6-2-3-9-22(19)20/h2-14H,16H2,1H3,(H,33,34)/b21-12-. The van der Waals surface area contributed by atoms with E-state index in [1.165, 1.54) is 0 Å². The number of halogens is 3. The van der Waals surface area contributed by atoms with Crippen LogP contribution in [0.15, 0.2) is 82.8 Å². The Bertz CT molecular complexity index is 1480. The van der Waals surface area contributed by atoms with E-state index in [2.05, 4.69) is 68.1 Å². The maximum Gasteiger partial charge on any atom is 0.266 e. The molecule has 0 aliphatic heterocycles. The molecule has 1 N–H and O–H groups in total. The van der Waals surface area contributed by atoms with Gasteiger partial charge in [-0.3, -0.25) is 4.79 Å². The topological polar surface area (TPSA) is 62.1 Å². The van der Waals surface area contributed by atoms with Crippen molar-refractivity contribution in [2.75, 3.05) is 5.32 Å². The van der Waals surface area contributed by atoms with Gasteiger partial charge in [-0.1, -0.05) is 60.1 Å². The van der Waals surface area contributed by atoms with Gasteiger partial charge in [0.05, 0.1) is 8.04 Å². The predicted molar refractivity (Wildman–Crippen MR) is 154 cm³/mol. The molecule has 4 aromatic rings. The van der Waals surface area contributed by atoms with Gasteiger partial charge in [-0.05, 0) is 103 Å². The van der Waals surface area contributed by atoms with E-state index in [9.17, 15) is 10.1 Å². The number of hydrogen-bond donors (Lipinski definition) is 1. The molecule has 0 aromatic heterocycles. The molecule has 0 unspecified atom stereocenters. The number of nitrogens with one attached hydrogen (secondary N) is 1. The van der Waals surface area contributed by atoms with Crippen LogP contribution in [0.25, 0.3) is 16.8 Å². The van der Waals surface area contributed by atoms with E-state index in [-0.39, 0.29) is 5.57 Å². The van der Waals surface area contributed by atoms with E-state index < -0.39 is 5.91 Å². The number of hydrogen-bond acceptors (Lipinski definition) is 3. The van der Waals surface area contributed by atoms with Crippen molar-refractivity contribution in [1.29, 1.82) is 5.26 Å². The minimum atomic E-state index is -0.500. The van der Waals surface area contributed by atoms with Crippen molar-refractivity contribution >= 4 is 78.6 Å². The lowest BCUT2D eigenvalue weighted by Gasteiger charge is -2.13. The first-order valence-corrected chi connectivity index (χ1v) is 12.9. The van der Waals surface area contributed by atoms with Crippen molar-refractivity contribution in [3.05, 3.63) is 108 Å². The molecule has 0 spiro atoms. The Hall–Kier alpha value is -2.86. The molecular formula is C28H19BrClIN2O2. The normalized spacial score (nSPS) is 11.2. The monoisotopic (exact) mass is 656 g/mol. The maximum absolute atomic E-state index is 12.7. The minimum Gasteiger partial charge on any atom is -0.487 e. The minimum absolute atomic E-state index is 0.0171. The molecule has 4 nitrogen and oxygen atoms in total. The largest absolute Gasteiger partial charge is 0.487 e. The van der Waals surface area contributed by atoms with E-state index >= 15 is 0 Å². The number of rotatable bonds is 6. The van der Waals surface area contributed by atoms with Gasteiger partial charge < -0.3 is 10.1 Å². The summed E-state index contributed by atoms with van der Waals surface area (Å²) in [5.74, 6) is 0.202. The van der Waals surface area contributed by atoms with Crippen LogP contribution in [0.4, 0.5) is 5.69 Å². The second kappa shape index (κ2) is 11.3. The van der Waals surface area contributed by atoms with Gasteiger partial charge in [-0.2, -0.15) is 5.26 Å². The highest BCUT2D eigenvalue weighted by atomic mass is 127. The highest BCUT2D eigenvalue weighted by molar-refractivity contribution is 14.1. The summed E-state index contributed by atoms with van der Waals surface area (Å²) >= 11 is 11.9. The van der Waals surface area contributed by atoms with Crippen LogP contribution in [0, 0.1) is 21.8 Å². The molecular weight excluding hydrogens is 639 g/mol. The Morgan fingerprint density at radius 3 is 2.66 bits per heavy atom. The number of amides is 1. The van der Waals surface area contributed by atoms with E-state index in [0.717, 1.165) is 29.9 Å². The second-order valence-electron chi connectivity index (χ2n) is 7.78. The van der Waals surface area contributed by atoms with Crippen LogP contribution >= 0.6 is 50.1 Å². The van der Waals surface area contributed by atoms with Crippen LogP contribution in [0.1, 0.15) is 16.7 Å². The lowest BCUT2D eigenvalue weighted by molar-refractivity contribution is -0.112. The number of nitrogens with zero attached hydrogens (tertiary/aromatic N) is 1. The quantitative estimate of drug-likeness (QED) is 0.129. The zero-order chi connectivity index (χ0) is 24.9. The molecule has 0 heterocycles. The smallest absolute Gasteiger partial charge is 0.266 e. The Labute approximate surface area is 230 Å². The first-order chi connectivity index (χ1) is 16.9. The van der Waals surface area contributed by atoms with Gasteiger partial charge in [0.15, 0.2) is 0 Å². The van der Waals surface area contributed by atoms with Gasteiger partial charge in [0.25, 0.3) is 5.91 Å². The van der Waals surface area contributed by atoms with Crippen molar-refractivity contribution in [2.24, 2.45) is 0 Å². The molecule has 0 saturated heterocycles. The Kier molecular flexibility index (Phi) is 8.11. The van der Waals surface area contributed by atoms with Crippen molar-refractivity contribution in [3.8, 4) is 11.8 Å². The molecule has 0 fully saturated rings. The van der Waals surface area contributed by atoms with Crippen LogP contribution < -0.4 is 10.1 Å². The summed E-state index contributed by atoms with van der Waals surface area (Å²) in [5.41, 5.74) is 3.08. The van der Waals surface area contributed by atoms with Crippen molar-refractivity contribution < 1.29 is 9.53 Å². The molecule has 0 atom stereocenters. The lowest BCUT2D eigenvalue weighted by Crippen LogP contribution is -2.14. The number of nitriles is 1. The number of anilines is 1. The maximum atomic E-state index is 12.7. The highest BCUT2D eigenvalue weighted by Gasteiger charge is 2.14. The van der Waals surface area contributed by atoms with E-state index in [4.69, 9.17) is 16.3 Å². The first kappa shape index (κ1) is 25.2. The summed E-state index contributed by atoms with van der Waals surface area (Å²) in [7, 11) is 0. The number of ether oxygens (including phenoxy) is 1. The highest BCUT2D eigenvalue weighted by Crippen LogP contribution is 2.34. The van der Waals surface area contributed by atoms with Crippen LogP contribution in [-0.4, -0.2) is 5.91 Å². The van der Waals surface area contributed by atoms with Gasteiger partial charge in [-0.25, -0.2) is 0 Å². The van der Waals surface area contributed by atoms with E-state index in [1.54, 1.807) is 24.3 Å². The van der Waals surface area contributed by atoms with E-state index in [1.807, 2.05) is 43.3 Å². The van der Waals surface area contributed by atoms with Gasteiger partial charge in [0.2, 0.25) is 0 Å². The third kappa shape index (κ3) is 5.87. The van der Waals surface area contributed by atoms with Gasteiger partial charge in [0, 0.05) is 10.7 Å². The molecule has 0 saturated carbocycles. The summed E-state index contributed by atoms with van der Waals surface area (Å²) in [5, 5.41) is 15.2. The average Bonchev–Trinajstić information content (AvgIpc) is 2.85. The van der Waals surface area contributed by atoms with Crippen LogP contribution in [0.5, 0.6) is 5.75 Å². The summed E-state index contributed by atoms with van der Waals surface area (Å²) in [6.45, 7) is 2.22. The molecule has 174 valence electrons. The number of carbonyl (C=O) groups excluding carboxylic acids is 1. The van der Waals surface area contributed by atoms with Crippen LogP contribution in [0.3, 0.4) is 0 Å². The number of fused-ring (bicyclic) bond motifs is 1. The SMILES string of the molecule is Cc1c(Cl)cccc1NC(=O)/C(C#N)=C\c1cc(Br)c(OCc2cccc3ccccc23)c(I)c1. The van der Waals surface area contributed by atoms with Gasteiger partial charge >= 0.3 is 0 Å². The van der Waals surface area contributed by atoms with Crippen molar-refractivity contribution in [3.63, 3.8) is 0 Å². The third-order valence-corrected chi connectivity index (χ3v) is 7.26. The van der Waals surface area contributed by atoms with Crippen molar-refractivity contribution in [2.45, 2.75) is 13.5 Å². The molecule has 4 aromatic carbocycles. The molecule has 0 bridgehead atoms. The molecule has 4 rings (SSSR count). The fourth-order valence-electron chi connectivity index (χ4n) is 3.62. The first-order valence-electron chi connectivity index (χ1n) is 10.6. The van der Waals surface area contributed by atoms with E-state index in [0.29, 0.717) is 28.6 Å². The third-order valence-electron chi connectivity index (χ3n) is 5.46. The lowest BCUT2D eigenvalue weighted by atomic mass is 10.1. The fraction of sp³-hybridized carbons (Fsp3) is 0.0714. The molecule has 35 heavy (non-hydrogen) atoms.